The summed E-state index contributed by atoms with van der Waals surface area (Å²) in [7, 11) is 0. The van der Waals surface area contributed by atoms with Crippen molar-refractivity contribution in [3.05, 3.63) is 71.8 Å². The van der Waals surface area contributed by atoms with E-state index in [2.05, 4.69) is 12.0 Å². The zero-order valence-corrected chi connectivity index (χ0v) is 13.1. The van der Waals surface area contributed by atoms with Crippen LogP contribution in [-0.2, 0) is 4.74 Å². The Kier molecular flexibility index (Phi) is 5.31. The van der Waals surface area contributed by atoms with Gasteiger partial charge in [0, 0.05) is 25.1 Å². The number of benzene rings is 2. The molecule has 118 valence electrons. The smallest absolute Gasteiger partial charge is 0.127 e. The van der Waals surface area contributed by atoms with Gasteiger partial charge < -0.3 is 14.7 Å². The highest BCUT2D eigenvalue weighted by Crippen LogP contribution is 2.27. The lowest BCUT2D eigenvalue weighted by molar-refractivity contribution is 0.0635. The summed E-state index contributed by atoms with van der Waals surface area (Å²) in [6, 6.07) is 23.2. The third-order valence-electron chi connectivity index (χ3n) is 4.01. The first-order chi connectivity index (χ1) is 11.3. The number of hydrogen-bond donors (Lipinski definition) is 1. The molecule has 1 fully saturated rings. The average Bonchev–Trinajstić information content (AvgIpc) is 2.63. The quantitative estimate of drug-likeness (QED) is 0.884. The van der Waals surface area contributed by atoms with Crippen molar-refractivity contribution in [3.8, 4) is 12.0 Å². The van der Waals surface area contributed by atoms with Gasteiger partial charge >= 0.3 is 0 Å². The largest absolute Gasteiger partial charge is 0.379 e. The Bertz CT molecular complexity index is 615. The molecule has 0 bridgehead atoms. The van der Waals surface area contributed by atoms with Crippen LogP contribution in [0, 0.1) is 12.0 Å². The van der Waals surface area contributed by atoms with Gasteiger partial charge in [-0.05, 0) is 17.0 Å². The predicted octanol–water partition coefficient (Wildman–Crippen LogP) is 2.47. The Hall–Kier alpha value is -2.28. The van der Waals surface area contributed by atoms with Crippen LogP contribution < -0.4 is 0 Å². The zero-order valence-electron chi connectivity index (χ0n) is 13.1. The molecule has 3 heteroatoms. The van der Waals surface area contributed by atoms with Gasteiger partial charge in [-0.15, -0.1) is 0 Å². The van der Waals surface area contributed by atoms with Gasteiger partial charge in [0.1, 0.15) is 6.10 Å². The fourth-order valence-electron chi connectivity index (χ4n) is 2.79. The molecule has 0 radical (unpaired) electrons. The maximum Gasteiger partial charge on any atom is 0.127 e. The Morgan fingerprint density at radius 2 is 1.39 bits per heavy atom. The lowest BCUT2D eigenvalue weighted by Gasteiger charge is -2.24. The van der Waals surface area contributed by atoms with Crippen molar-refractivity contribution < 1.29 is 9.84 Å². The van der Waals surface area contributed by atoms with Crippen molar-refractivity contribution in [1.29, 1.82) is 0 Å². The summed E-state index contributed by atoms with van der Waals surface area (Å²) >= 11 is 0. The summed E-state index contributed by atoms with van der Waals surface area (Å²) in [5, 5.41) is 10.7. The molecule has 1 N–H and O–H groups in total. The first-order valence-corrected chi connectivity index (χ1v) is 7.96. The van der Waals surface area contributed by atoms with Crippen molar-refractivity contribution >= 4 is 0 Å². The van der Waals surface area contributed by atoms with Gasteiger partial charge in [-0.2, -0.15) is 0 Å². The number of rotatable bonds is 3. The van der Waals surface area contributed by atoms with Crippen LogP contribution in [0.15, 0.2) is 60.7 Å². The van der Waals surface area contributed by atoms with E-state index in [-0.39, 0.29) is 5.92 Å². The molecule has 0 amide bonds. The number of nitrogens with zero attached hydrogens (tertiary/aromatic N) is 1. The van der Waals surface area contributed by atoms with Gasteiger partial charge in [-0.25, -0.2) is 0 Å². The average molecular weight is 307 g/mol. The molecule has 1 atom stereocenters. The van der Waals surface area contributed by atoms with Crippen LogP contribution in [0.2, 0.25) is 0 Å². The normalized spacial score (nSPS) is 15.8. The number of aliphatic hydroxyl groups is 1. The topological polar surface area (TPSA) is 32.7 Å². The van der Waals surface area contributed by atoms with E-state index in [1.165, 1.54) is 0 Å². The van der Waals surface area contributed by atoms with Gasteiger partial charge in [0.15, 0.2) is 0 Å². The third-order valence-corrected chi connectivity index (χ3v) is 4.01. The van der Waals surface area contributed by atoms with Crippen LogP contribution in [0.3, 0.4) is 0 Å². The molecule has 1 aliphatic rings. The van der Waals surface area contributed by atoms with Gasteiger partial charge in [-0.1, -0.05) is 60.7 Å². The highest BCUT2D eigenvalue weighted by atomic mass is 16.5. The van der Waals surface area contributed by atoms with E-state index in [9.17, 15) is 5.11 Å². The van der Waals surface area contributed by atoms with E-state index < -0.39 is 6.10 Å². The molecule has 3 nitrogen and oxygen atoms in total. The second-order valence-corrected chi connectivity index (χ2v) is 5.60. The maximum absolute atomic E-state index is 10.7. The van der Waals surface area contributed by atoms with E-state index in [0.29, 0.717) is 13.2 Å². The highest BCUT2D eigenvalue weighted by molar-refractivity contribution is 5.36. The SMILES string of the molecule is OC(C#CN1CCOCC1)C(c1ccccc1)c1ccccc1. The molecular weight excluding hydrogens is 286 g/mol. The summed E-state index contributed by atoms with van der Waals surface area (Å²) in [4.78, 5) is 2.01. The molecule has 1 saturated heterocycles. The summed E-state index contributed by atoms with van der Waals surface area (Å²) in [5.74, 6) is 2.88. The van der Waals surface area contributed by atoms with Gasteiger partial charge in [0.05, 0.1) is 13.2 Å². The van der Waals surface area contributed by atoms with E-state index in [1.54, 1.807) is 0 Å². The number of morpholine rings is 1. The maximum atomic E-state index is 10.7. The molecule has 2 aromatic rings. The van der Waals surface area contributed by atoms with Gasteiger partial charge in [0.2, 0.25) is 0 Å². The molecule has 0 aromatic heterocycles. The van der Waals surface area contributed by atoms with Crippen LogP contribution in [0.1, 0.15) is 17.0 Å². The summed E-state index contributed by atoms with van der Waals surface area (Å²) in [6.07, 6.45) is -0.748. The van der Waals surface area contributed by atoms with Crippen molar-refractivity contribution in [3.63, 3.8) is 0 Å². The second kappa shape index (κ2) is 7.82. The minimum Gasteiger partial charge on any atom is -0.379 e. The van der Waals surface area contributed by atoms with Gasteiger partial charge in [-0.3, -0.25) is 0 Å². The lowest BCUT2D eigenvalue weighted by Crippen LogP contribution is -2.33. The predicted molar refractivity (Wildman–Crippen MR) is 90.9 cm³/mol. The first kappa shape index (κ1) is 15.6. The Balaban J connectivity index is 1.85. The minimum atomic E-state index is -0.748. The van der Waals surface area contributed by atoms with Crippen molar-refractivity contribution in [2.75, 3.05) is 26.3 Å². The summed E-state index contributed by atoms with van der Waals surface area (Å²) in [6.45, 7) is 2.99. The third kappa shape index (κ3) is 4.13. The molecule has 0 aliphatic carbocycles. The number of aliphatic hydroxyl groups excluding tert-OH is 1. The highest BCUT2D eigenvalue weighted by Gasteiger charge is 2.21. The van der Waals surface area contributed by atoms with E-state index in [1.807, 2.05) is 65.6 Å². The van der Waals surface area contributed by atoms with E-state index in [0.717, 1.165) is 24.2 Å². The van der Waals surface area contributed by atoms with E-state index in [4.69, 9.17) is 4.74 Å². The van der Waals surface area contributed by atoms with Gasteiger partial charge in [0.25, 0.3) is 0 Å². The standard InChI is InChI=1S/C20H21NO2/c22-19(11-12-21-13-15-23-16-14-21)20(17-7-3-1-4-8-17)18-9-5-2-6-10-18/h1-10,19-20,22H,13-16H2. The molecule has 0 spiro atoms. The minimum absolute atomic E-state index is 0.147. The van der Waals surface area contributed by atoms with Crippen molar-refractivity contribution in [2.24, 2.45) is 0 Å². The molecule has 23 heavy (non-hydrogen) atoms. The molecule has 0 saturated carbocycles. The fourth-order valence-corrected chi connectivity index (χ4v) is 2.79. The van der Waals surface area contributed by atoms with Crippen LogP contribution in [0.5, 0.6) is 0 Å². The Morgan fingerprint density at radius 1 is 0.870 bits per heavy atom. The van der Waals surface area contributed by atoms with Crippen LogP contribution in [-0.4, -0.2) is 42.4 Å². The summed E-state index contributed by atoms with van der Waals surface area (Å²) in [5.41, 5.74) is 2.14. The second-order valence-electron chi connectivity index (χ2n) is 5.60. The van der Waals surface area contributed by atoms with Crippen molar-refractivity contribution in [2.45, 2.75) is 12.0 Å². The molecule has 1 aliphatic heterocycles. The molecule has 1 unspecified atom stereocenters. The van der Waals surface area contributed by atoms with Crippen LogP contribution in [0.4, 0.5) is 0 Å². The lowest BCUT2D eigenvalue weighted by atomic mass is 9.87. The van der Waals surface area contributed by atoms with Crippen molar-refractivity contribution in [1.82, 2.24) is 4.90 Å². The molecular formula is C20H21NO2. The number of hydrogen-bond acceptors (Lipinski definition) is 3. The molecule has 1 heterocycles. The molecule has 3 rings (SSSR count). The van der Waals surface area contributed by atoms with E-state index >= 15 is 0 Å². The summed E-state index contributed by atoms with van der Waals surface area (Å²) < 4.78 is 5.32. The first-order valence-electron chi connectivity index (χ1n) is 7.96. The Labute approximate surface area is 137 Å². The van der Waals surface area contributed by atoms with Crippen LogP contribution in [0.25, 0.3) is 0 Å². The molecule has 2 aromatic carbocycles. The monoisotopic (exact) mass is 307 g/mol. The van der Waals surface area contributed by atoms with Crippen LogP contribution >= 0.6 is 0 Å². The number of ether oxygens (including phenoxy) is 1. The Morgan fingerprint density at radius 3 is 1.91 bits per heavy atom. The fraction of sp³-hybridized carbons (Fsp3) is 0.300. The zero-order chi connectivity index (χ0) is 15.9.